The Labute approximate surface area is 352 Å². The fourth-order valence-corrected chi connectivity index (χ4v) is 12.6. The van der Waals surface area contributed by atoms with Gasteiger partial charge in [0.1, 0.15) is 35.6 Å². The number of phosphoric ester groups is 1. The summed E-state index contributed by atoms with van der Waals surface area (Å²) in [5.41, 5.74) is 5.32. The number of carbonyl (C=O) groups is 1. The summed E-state index contributed by atoms with van der Waals surface area (Å²) >= 11 is 0.799. The first-order valence-electron chi connectivity index (χ1n) is 18.6. The number of phosphoric acid groups is 1. The molecule has 5 aromatic rings. The van der Waals surface area contributed by atoms with Gasteiger partial charge in [-0.3, -0.25) is 32.5 Å². The summed E-state index contributed by atoms with van der Waals surface area (Å²) < 4.78 is 110. The highest BCUT2D eigenvalue weighted by Crippen LogP contribution is 2.64. The van der Waals surface area contributed by atoms with Crippen LogP contribution in [-0.4, -0.2) is 99.3 Å². The van der Waals surface area contributed by atoms with Crippen LogP contribution in [0.15, 0.2) is 83.0 Å². The van der Waals surface area contributed by atoms with Crippen molar-refractivity contribution < 1.29 is 64.8 Å². The van der Waals surface area contributed by atoms with Crippen molar-refractivity contribution in [2.24, 2.45) is 5.92 Å². The second-order valence-corrected chi connectivity index (χ2v) is 20.3. The minimum absolute atomic E-state index is 0.00153. The Bertz CT molecular complexity index is 2640. The second-order valence-electron chi connectivity index (χ2n) is 14.0. The Balaban J connectivity index is 1.09. The molecule has 2 bridgehead atoms. The number of nitrogens with zero attached hydrogens (tertiary/aromatic N) is 5. The predicted octanol–water partition coefficient (Wildman–Crippen LogP) is 4.52. The number of nitrogens with one attached hydrogen (secondary N) is 1. The van der Waals surface area contributed by atoms with Crippen LogP contribution in [0.5, 0.6) is 11.5 Å². The van der Waals surface area contributed by atoms with Crippen LogP contribution in [0.4, 0.5) is 14.6 Å². The van der Waals surface area contributed by atoms with E-state index in [4.69, 9.17) is 42.9 Å². The number of alkyl halides is 2. The zero-order valence-electron chi connectivity index (χ0n) is 32.5. The standard InChI is InChI=1S/C36H37F2N7O14P2S/c1-51-21-9-5-20(6-10-21)35(47)55-22-7-3-19(4-8-22)16-62-60(49)15-23-24(56-33(27(23)37)44-12-11-26(46)43-36(44)48)13-54-61(50,59-52-2)58-30-28(38)25(14-53-60)57-34(30)45-18-42-29-31(39)40-17-41-32(29)45/h3-12,17-18,23-25,27-28,30,33-34H,13-16H2,1-2H3,(H2,39,40,41)(H,43,46,48)/t23-,24-,25-,27-,28-,30-,33-,34-,60?,61?/m1/s1. The van der Waals surface area contributed by atoms with Crippen LogP contribution in [0, 0.1) is 5.92 Å². The molecule has 0 saturated carbocycles. The lowest BCUT2D eigenvalue weighted by Crippen LogP contribution is -2.35. The van der Waals surface area contributed by atoms with E-state index in [1.165, 1.54) is 30.1 Å². The van der Waals surface area contributed by atoms with Crippen molar-refractivity contribution in [1.29, 1.82) is 0 Å². The molecule has 3 aliphatic rings. The fourth-order valence-electron chi connectivity index (χ4n) is 7.00. The van der Waals surface area contributed by atoms with Crippen molar-refractivity contribution >= 4 is 48.7 Å². The normalized spacial score (nSPS) is 30.2. The van der Waals surface area contributed by atoms with E-state index in [0.29, 0.717) is 11.3 Å². The summed E-state index contributed by atoms with van der Waals surface area (Å²) in [6, 6.07) is 13.6. The summed E-state index contributed by atoms with van der Waals surface area (Å²) in [5.74, 6) is -1.24. The van der Waals surface area contributed by atoms with Gasteiger partial charge in [-0.15, -0.1) is 4.67 Å². The van der Waals surface area contributed by atoms with Crippen LogP contribution < -0.4 is 26.5 Å². The lowest BCUT2D eigenvalue weighted by atomic mass is 10.0. The monoisotopic (exact) mass is 923 g/mol. The van der Waals surface area contributed by atoms with Crippen LogP contribution in [0.25, 0.3) is 11.2 Å². The molecule has 0 radical (unpaired) electrons. The number of rotatable bonds is 10. The maximum Gasteiger partial charge on any atom is 0.502 e. The van der Waals surface area contributed by atoms with Gasteiger partial charge in [-0.25, -0.2) is 42.8 Å². The number of aromatic nitrogens is 6. The number of carbonyl (C=O) groups excluding carboxylic acids is 1. The predicted molar refractivity (Wildman–Crippen MR) is 213 cm³/mol. The number of anilines is 1. The van der Waals surface area contributed by atoms with Crippen molar-refractivity contribution in [3.63, 3.8) is 0 Å². The molecule has 10 atom stereocenters. The van der Waals surface area contributed by atoms with E-state index in [0.717, 1.165) is 41.6 Å². The number of hydrogen-bond acceptors (Lipinski definition) is 19. The minimum atomic E-state index is -4.97. The van der Waals surface area contributed by atoms with Crippen LogP contribution in [0.1, 0.15) is 28.4 Å². The van der Waals surface area contributed by atoms with Crippen LogP contribution in [0.3, 0.4) is 0 Å². The molecular formula is C36H37F2N7O14P2S. The Morgan fingerprint density at radius 2 is 1.65 bits per heavy atom. The molecule has 3 aliphatic heterocycles. The number of nitrogen functional groups attached to an aromatic ring is 1. The molecule has 8 rings (SSSR count). The summed E-state index contributed by atoms with van der Waals surface area (Å²) in [6.45, 7) is -5.66. The summed E-state index contributed by atoms with van der Waals surface area (Å²) in [5, 5.41) is 0. The van der Waals surface area contributed by atoms with Gasteiger partial charge in [0.05, 0.1) is 45.4 Å². The molecule has 6 heterocycles. The SMILES string of the molecule is COOP1(=O)OC[C@H]2O[C@@H](n3ccc(=O)[nH]c3=O)[C@H](F)[C@@H]2CP(=O)(SCc2ccc(OC(=O)c3ccc(OC)cc3)cc2)OC[C@H]2O[C@@H](n3cnc4c(N)ncnc43)[C@H](O1)[C@@H]2F. The number of H-pyrrole nitrogens is 1. The van der Waals surface area contributed by atoms with Crippen molar-refractivity contribution in [2.45, 2.75) is 48.9 Å². The Kier molecular flexibility index (Phi) is 12.8. The fraction of sp³-hybridized carbons (Fsp3) is 0.389. The number of aromatic amines is 1. The first-order chi connectivity index (χ1) is 29.8. The van der Waals surface area contributed by atoms with Crippen molar-refractivity contribution in [3.05, 3.63) is 105 Å². The number of esters is 1. The van der Waals surface area contributed by atoms with E-state index in [1.807, 2.05) is 4.98 Å². The quantitative estimate of drug-likeness (QED) is 0.0641. The zero-order chi connectivity index (χ0) is 43.8. The molecular weight excluding hydrogens is 886 g/mol. The van der Waals surface area contributed by atoms with Gasteiger partial charge >= 0.3 is 19.5 Å². The Morgan fingerprint density at radius 3 is 2.37 bits per heavy atom. The van der Waals surface area contributed by atoms with Gasteiger partial charge in [0.2, 0.25) is 0 Å². The van der Waals surface area contributed by atoms with Gasteiger partial charge in [-0.2, -0.15) is 0 Å². The topological polar surface area (TPSA) is 259 Å². The number of hydrogen-bond donors (Lipinski definition) is 2. The number of nitrogens with two attached hydrogens (primary N) is 1. The summed E-state index contributed by atoms with van der Waals surface area (Å²) in [7, 11) is -2.48. The number of fused-ring (bicyclic) bond motifs is 4. The summed E-state index contributed by atoms with van der Waals surface area (Å²) in [6.07, 6.45) is -9.44. The maximum absolute atomic E-state index is 16.7. The third-order valence-corrected chi connectivity index (χ3v) is 16.0. The largest absolute Gasteiger partial charge is 0.502 e. The molecule has 3 N–H and O–H groups in total. The molecule has 3 saturated heterocycles. The molecule has 0 spiro atoms. The molecule has 0 aliphatic carbocycles. The highest BCUT2D eigenvalue weighted by molar-refractivity contribution is 8.56. The van der Waals surface area contributed by atoms with Crippen molar-refractivity contribution in [1.82, 2.24) is 29.1 Å². The minimum Gasteiger partial charge on any atom is -0.497 e. The molecule has 3 aromatic heterocycles. The van der Waals surface area contributed by atoms with Gasteiger partial charge in [-0.05, 0) is 42.0 Å². The van der Waals surface area contributed by atoms with Gasteiger partial charge in [0.25, 0.3) is 12.1 Å². The lowest BCUT2D eigenvalue weighted by molar-refractivity contribution is -0.208. The first kappa shape index (κ1) is 43.8. The van der Waals surface area contributed by atoms with E-state index < -0.39 is 100 Å². The smallest absolute Gasteiger partial charge is 0.497 e. The molecule has 62 heavy (non-hydrogen) atoms. The molecule has 3 fully saturated rings. The number of halogens is 2. The molecule has 0 amide bonds. The second kappa shape index (κ2) is 18.1. The first-order valence-corrected chi connectivity index (χ1v) is 23.5. The third-order valence-electron chi connectivity index (χ3n) is 10.1. The Hall–Kier alpha value is -4.87. The third kappa shape index (κ3) is 9.11. The molecule has 21 nitrogen and oxygen atoms in total. The molecule has 2 aromatic carbocycles. The number of methoxy groups -OCH3 is 1. The van der Waals surface area contributed by atoms with Crippen molar-refractivity contribution in [3.8, 4) is 11.5 Å². The molecule has 330 valence electrons. The number of benzene rings is 2. The van der Waals surface area contributed by atoms with E-state index in [-0.39, 0.29) is 34.0 Å². The van der Waals surface area contributed by atoms with Crippen LogP contribution in [0.2, 0.25) is 0 Å². The summed E-state index contributed by atoms with van der Waals surface area (Å²) in [4.78, 5) is 56.3. The lowest BCUT2D eigenvalue weighted by Gasteiger charge is -2.27. The average molecular weight is 924 g/mol. The highest BCUT2D eigenvalue weighted by Gasteiger charge is 2.55. The molecule has 2 unspecified atom stereocenters. The van der Waals surface area contributed by atoms with Gasteiger partial charge in [0.15, 0.2) is 36.3 Å². The highest BCUT2D eigenvalue weighted by atomic mass is 32.7. The molecule has 26 heteroatoms. The van der Waals surface area contributed by atoms with Gasteiger partial charge < -0.3 is 29.2 Å². The van der Waals surface area contributed by atoms with E-state index in [1.54, 1.807) is 36.4 Å². The van der Waals surface area contributed by atoms with E-state index >= 15 is 13.3 Å². The van der Waals surface area contributed by atoms with Crippen LogP contribution >= 0.6 is 25.8 Å². The van der Waals surface area contributed by atoms with Gasteiger partial charge in [0, 0.05) is 30.1 Å². The maximum atomic E-state index is 16.7. The van der Waals surface area contributed by atoms with E-state index in [9.17, 15) is 18.9 Å². The average Bonchev–Trinajstić information content (AvgIpc) is 3.92. The number of imidazole rings is 1. The van der Waals surface area contributed by atoms with Gasteiger partial charge in [-0.1, -0.05) is 23.5 Å². The van der Waals surface area contributed by atoms with Crippen LogP contribution in [-0.2, 0) is 47.5 Å². The number of ether oxygens (including phenoxy) is 4. The van der Waals surface area contributed by atoms with E-state index in [2.05, 4.69) is 19.8 Å². The zero-order valence-corrected chi connectivity index (χ0v) is 35.1. The van der Waals surface area contributed by atoms with Crippen molar-refractivity contribution in [2.75, 3.05) is 39.3 Å². The Morgan fingerprint density at radius 1 is 0.919 bits per heavy atom.